The summed E-state index contributed by atoms with van der Waals surface area (Å²) in [4.78, 5) is 12.2. The molecule has 0 radical (unpaired) electrons. The van der Waals surface area contributed by atoms with Crippen molar-refractivity contribution in [2.75, 3.05) is 13.1 Å². The van der Waals surface area contributed by atoms with E-state index in [0.717, 1.165) is 49.7 Å². The summed E-state index contributed by atoms with van der Waals surface area (Å²) < 4.78 is 0. The lowest BCUT2D eigenvalue weighted by atomic mass is 10.0. The van der Waals surface area contributed by atoms with Crippen LogP contribution in [0.2, 0.25) is 0 Å². The summed E-state index contributed by atoms with van der Waals surface area (Å²) in [5, 5.41) is 13.5. The van der Waals surface area contributed by atoms with E-state index >= 15 is 0 Å². The first-order valence-corrected chi connectivity index (χ1v) is 7.89. The first-order chi connectivity index (χ1) is 9.84. The van der Waals surface area contributed by atoms with Gasteiger partial charge in [0.2, 0.25) is 0 Å². The lowest BCUT2D eigenvalue weighted by Gasteiger charge is -2.13. The van der Waals surface area contributed by atoms with Gasteiger partial charge in [-0.2, -0.15) is 5.10 Å². The van der Waals surface area contributed by atoms with E-state index in [0.29, 0.717) is 5.69 Å². The molecule has 2 aliphatic rings. The number of H-pyrrole nitrogens is 1. The number of nitrogens with one attached hydrogen (secondary N) is 3. The van der Waals surface area contributed by atoms with Crippen molar-refractivity contribution >= 4 is 5.91 Å². The second-order valence-corrected chi connectivity index (χ2v) is 6.00. The number of rotatable bonds is 5. The zero-order valence-corrected chi connectivity index (χ0v) is 12.0. The first kappa shape index (κ1) is 13.6. The molecule has 0 bridgehead atoms. The third-order valence-electron chi connectivity index (χ3n) is 4.57. The summed E-state index contributed by atoms with van der Waals surface area (Å²) in [6.07, 6.45) is 8.81. The SMILES string of the molecule is O=C(NCCCC1CCCC1)c1n[nH]c2c1CNCC2. The molecule has 5 heteroatoms. The molecule has 1 amide bonds. The van der Waals surface area contributed by atoms with Crippen molar-refractivity contribution in [3.8, 4) is 0 Å². The smallest absolute Gasteiger partial charge is 0.272 e. The molecule has 0 aromatic carbocycles. The molecule has 0 spiro atoms. The minimum absolute atomic E-state index is 0.0300. The van der Waals surface area contributed by atoms with Gasteiger partial charge in [-0.1, -0.05) is 25.7 Å². The maximum absolute atomic E-state index is 12.2. The van der Waals surface area contributed by atoms with Crippen LogP contribution in [0.4, 0.5) is 0 Å². The van der Waals surface area contributed by atoms with E-state index in [4.69, 9.17) is 0 Å². The molecule has 20 heavy (non-hydrogen) atoms. The summed E-state index contributed by atoms with van der Waals surface area (Å²) >= 11 is 0. The van der Waals surface area contributed by atoms with Crippen molar-refractivity contribution in [1.29, 1.82) is 0 Å². The molecular formula is C15H24N4O. The van der Waals surface area contributed by atoms with Crippen molar-refractivity contribution in [3.05, 3.63) is 17.0 Å². The van der Waals surface area contributed by atoms with Crippen LogP contribution >= 0.6 is 0 Å². The summed E-state index contributed by atoms with van der Waals surface area (Å²) in [5.41, 5.74) is 2.73. The molecule has 2 heterocycles. The van der Waals surface area contributed by atoms with Crippen molar-refractivity contribution in [1.82, 2.24) is 20.8 Å². The number of hydrogen-bond acceptors (Lipinski definition) is 3. The van der Waals surface area contributed by atoms with E-state index in [-0.39, 0.29) is 5.91 Å². The third kappa shape index (κ3) is 3.03. The topological polar surface area (TPSA) is 69.8 Å². The second-order valence-electron chi connectivity index (χ2n) is 6.00. The molecule has 110 valence electrons. The Kier molecular flexibility index (Phi) is 4.35. The molecule has 1 aliphatic carbocycles. The van der Waals surface area contributed by atoms with E-state index in [1.165, 1.54) is 32.1 Å². The van der Waals surface area contributed by atoms with Crippen LogP contribution in [0.15, 0.2) is 0 Å². The van der Waals surface area contributed by atoms with Gasteiger partial charge in [-0.15, -0.1) is 0 Å². The Morgan fingerprint density at radius 3 is 3.05 bits per heavy atom. The Morgan fingerprint density at radius 1 is 1.35 bits per heavy atom. The van der Waals surface area contributed by atoms with Crippen molar-refractivity contribution < 1.29 is 4.79 Å². The van der Waals surface area contributed by atoms with Gasteiger partial charge in [0, 0.05) is 37.3 Å². The van der Waals surface area contributed by atoms with Crippen molar-refractivity contribution in [2.24, 2.45) is 5.92 Å². The van der Waals surface area contributed by atoms with Crippen LogP contribution in [0.5, 0.6) is 0 Å². The highest BCUT2D eigenvalue weighted by Crippen LogP contribution is 2.28. The van der Waals surface area contributed by atoms with Crippen LogP contribution in [0.25, 0.3) is 0 Å². The van der Waals surface area contributed by atoms with Crippen LogP contribution in [0, 0.1) is 5.92 Å². The number of hydrogen-bond donors (Lipinski definition) is 3. The van der Waals surface area contributed by atoms with Gasteiger partial charge in [-0.05, 0) is 18.8 Å². The molecule has 1 aliphatic heterocycles. The minimum atomic E-state index is -0.0300. The molecule has 1 aromatic heterocycles. The van der Waals surface area contributed by atoms with Crippen LogP contribution in [0.3, 0.4) is 0 Å². The number of aromatic nitrogens is 2. The normalized spacial score (nSPS) is 19.0. The molecule has 0 atom stereocenters. The summed E-state index contributed by atoms with van der Waals surface area (Å²) in [6, 6.07) is 0. The van der Waals surface area contributed by atoms with Gasteiger partial charge < -0.3 is 10.6 Å². The van der Waals surface area contributed by atoms with E-state index < -0.39 is 0 Å². The molecule has 0 saturated heterocycles. The molecule has 3 N–H and O–H groups in total. The molecular weight excluding hydrogens is 252 g/mol. The Balaban J connectivity index is 1.45. The summed E-state index contributed by atoms with van der Waals surface area (Å²) in [7, 11) is 0. The number of aromatic amines is 1. The van der Waals surface area contributed by atoms with Crippen LogP contribution in [-0.2, 0) is 13.0 Å². The van der Waals surface area contributed by atoms with Gasteiger partial charge in [0.25, 0.3) is 5.91 Å². The van der Waals surface area contributed by atoms with E-state index in [2.05, 4.69) is 20.8 Å². The maximum Gasteiger partial charge on any atom is 0.272 e. The Labute approximate surface area is 119 Å². The molecule has 3 rings (SSSR count). The fourth-order valence-electron chi connectivity index (χ4n) is 3.39. The Bertz CT molecular complexity index is 462. The largest absolute Gasteiger partial charge is 0.351 e. The lowest BCUT2D eigenvalue weighted by molar-refractivity contribution is 0.0946. The number of amides is 1. The Morgan fingerprint density at radius 2 is 2.20 bits per heavy atom. The number of fused-ring (bicyclic) bond motifs is 1. The van der Waals surface area contributed by atoms with E-state index in [1.807, 2.05) is 0 Å². The van der Waals surface area contributed by atoms with Gasteiger partial charge in [-0.25, -0.2) is 0 Å². The Hall–Kier alpha value is -1.36. The second kappa shape index (κ2) is 6.39. The zero-order valence-electron chi connectivity index (χ0n) is 12.0. The fourth-order valence-corrected chi connectivity index (χ4v) is 3.39. The zero-order chi connectivity index (χ0) is 13.8. The molecule has 1 fully saturated rings. The lowest BCUT2D eigenvalue weighted by Crippen LogP contribution is -2.29. The van der Waals surface area contributed by atoms with Gasteiger partial charge in [0.05, 0.1) is 0 Å². The van der Waals surface area contributed by atoms with Gasteiger partial charge in [0.1, 0.15) is 0 Å². The average Bonchev–Trinajstić information content (AvgIpc) is 3.12. The average molecular weight is 276 g/mol. The molecule has 1 saturated carbocycles. The highest BCUT2D eigenvalue weighted by molar-refractivity contribution is 5.94. The van der Waals surface area contributed by atoms with Gasteiger partial charge in [0.15, 0.2) is 5.69 Å². The van der Waals surface area contributed by atoms with Crippen molar-refractivity contribution in [2.45, 2.75) is 51.5 Å². The quantitative estimate of drug-likeness (QED) is 0.718. The monoisotopic (exact) mass is 276 g/mol. The summed E-state index contributed by atoms with van der Waals surface area (Å²) in [5.74, 6) is 0.867. The van der Waals surface area contributed by atoms with E-state index in [9.17, 15) is 4.79 Å². The predicted molar refractivity (Wildman–Crippen MR) is 77.5 cm³/mol. The highest BCUT2D eigenvalue weighted by atomic mass is 16.1. The molecule has 1 aromatic rings. The number of carbonyl (C=O) groups is 1. The van der Waals surface area contributed by atoms with Gasteiger partial charge >= 0.3 is 0 Å². The summed E-state index contributed by atoms with van der Waals surface area (Å²) in [6.45, 7) is 2.47. The van der Waals surface area contributed by atoms with Gasteiger partial charge in [-0.3, -0.25) is 9.89 Å². The molecule has 5 nitrogen and oxygen atoms in total. The van der Waals surface area contributed by atoms with Crippen molar-refractivity contribution in [3.63, 3.8) is 0 Å². The predicted octanol–water partition coefficient (Wildman–Crippen LogP) is 1.76. The standard InChI is InChI=1S/C15H24N4O/c20-15(17-8-3-6-11-4-1-2-5-11)14-12-10-16-9-7-13(12)18-19-14/h11,16H,1-10H2,(H,17,20)(H,18,19). The minimum Gasteiger partial charge on any atom is -0.351 e. The van der Waals surface area contributed by atoms with E-state index in [1.54, 1.807) is 0 Å². The maximum atomic E-state index is 12.2. The highest BCUT2D eigenvalue weighted by Gasteiger charge is 2.21. The number of carbonyl (C=O) groups excluding carboxylic acids is 1. The number of nitrogens with zero attached hydrogens (tertiary/aromatic N) is 1. The van der Waals surface area contributed by atoms with Crippen LogP contribution in [0.1, 0.15) is 60.3 Å². The third-order valence-corrected chi connectivity index (χ3v) is 4.57. The first-order valence-electron chi connectivity index (χ1n) is 7.89. The van der Waals surface area contributed by atoms with Crippen LogP contribution < -0.4 is 10.6 Å². The van der Waals surface area contributed by atoms with Crippen LogP contribution in [-0.4, -0.2) is 29.2 Å². The fraction of sp³-hybridized carbons (Fsp3) is 0.733. The molecule has 0 unspecified atom stereocenters.